The first kappa shape index (κ1) is 27.9. The van der Waals surface area contributed by atoms with Crippen molar-refractivity contribution in [3.8, 4) is 11.5 Å². The Kier molecular flexibility index (Phi) is 9.42. The van der Waals surface area contributed by atoms with Crippen LogP contribution in [0.5, 0.6) is 11.5 Å². The van der Waals surface area contributed by atoms with Crippen molar-refractivity contribution in [3.05, 3.63) is 53.1 Å². The molecule has 190 valence electrons. The van der Waals surface area contributed by atoms with Gasteiger partial charge in [-0.15, -0.1) is 12.4 Å². The van der Waals surface area contributed by atoms with Crippen molar-refractivity contribution in [2.45, 2.75) is 31.8 Å². The average Bonchev–Trinajstić information content (AvgIpc) is 2.75. The molecule has 0 saturated heterocycles. The average molecular weight is 530 g/mol. The van der Waals surface area contributed by atoms with Crippen molar-refractivity contribution in [2.24, 2.45) is 0 Å². The third-order valence-electron chi connectivity index (χ3n) is 4.85. The molecular formula is C21H24ClN3O9S. The predicted molar refractivity (Wildman–Crippen MR) is 126 cm³/mol. The fourth-order valence-corrected chi connectivity index (χ4v) is 4.24. The molecule has 2 aromatic rings. The number of halogens is 1. The van der Waals surface area contributed by atoms with Gasteiger partial charge in [0.2, 0.25) is 0 Å². The van der Waals surface area contributed by atoms with E-state index in [1.807, 2.05) is 0 Å². The number of carbonyl (C=O) groups excluding carboxylic acids is 1. The number of carboxylic acids is 2. The fourth-order valence-electron chi connectivity index (χ4n) is 3.24. The summed E-state index contributed by atoms with van der Waals surface area (Å²) in [6, 6.07) is 7.51. The summed E-state index contributed by atoms with van der Waals surface area (Å²) >= 11 is 0. The lowest BCUT2D eigenvalue weighted by molar-refractivity contribution is -0.145. The van der Waals surface area contributed by atoms with Gasteiger partial charge in [0.15, 0.2) is 11.5 Å². The number of fused-ring (bicyclic) bond motifs is 2. The first-order valence-corrected chi connectivity index (χ1v) is 11.6. The topological polar surface area (TPSA) is 194 Å². The molecule has 0 fully saturated rings. The molecule has 0 bridgehead atoms. The SMILES string of the molecule is Cl.Nc1ccc2c(c1)CCCOc1ccc(CNS(=O)(=O)N[C@@H](CC(=O)O)C(=O)O)cc1OC2=O. The first-order valence-electron chi connectivity index (χ1n) is 10.1. The molecule has 3 rings (SSSR count). The van der Waals surface area contributed by atoms with Gasteiger partial charge in [-0.05, 0) is 54.3 Å². The number of aliphatic carboxylic acids is 2. The predicted octanol–water partition coefficient (Wildman–Crippen LogP) is 1.09. The molecule has 0 spiro atoms. The zero-order chi connectivity index (χ0) is 24.9. The Labute approximate surface area is 207 Å². The molecule has 0 unspecified atom stereocenters. The van der Waals surface area contributed by atoms with Crippen molar-refractivity contribution in [1.82, 2.24) is 9.44 Å². The third kappa shape index (κ3) is 7.82. The highest BCUT2D eigenvalue weighted by Crippen LogP contribution is 2.31. The van der Waals surface area contributed by atoms with Gasteiger partial charge in [0.25, 0.3) is 10.2 Å². The smallest absolute Gasteiger partial charge is 0.343 e. The Morgan fingerprint density at radius 3 is 2.54 bits per heavy atom. The number of carboxylic acid groups (broad SMARTS) is 2. The fraction of sp³-hybridized carbons (Fsp3) is 0.286. The highest BCUT2D eigenvalue weighted by molar-refractivity contribution is 7.87. The van der Waals surface area contributed by atoms with E-state index < -0.39 is 40.6 Å². The van der Waals surface area contributed by atoms with E-state index in [1.165, 1.54) is 12.1 Å². The Morgan fingerprint density at radius 2 is 1.86 bits per heavy atom. The molecular weight excluding hydrogens is 506 g/mol. The quantitative estimate of drug-likeness (QED) is 0.187. The van der Waals surface area contributed by atoms with Crippen molar-refractivity contribution in [2.75, 3.05) is 12.3 Å². The van der Waals surface area contributed by atoms with Gasteiger partial charge in [0, 0.05) is 12.2 Å². The van der Waals surface area contributed by atoms with E-state index in [4.69, 9.17) is 25.4 Å². The number of nitrogen functional groups attached to an aromatic ring is 1. The summed E-state index contributed by atoms with van der Waals surface area (Å²) in [5.74, 6) is -3.36. The molecule has 1 aliphatic heterocycles. The number of hydrogen-bond donors (Lipinski definition) is 5. The number of rotatable bonds is 8. The van der Waals surface area contributed by atoms with Crippen molar-refractivity contribution < 1.29 is 42.5 Å². The van der Waals surface area contributed by atoms with E-state index in [0.717, 1.165) is 5.56 Å². The molecule has 1 atom stereocenters. The Bertz CT molecular complexity index is 1220. The van der Waals surface area contributed by atoms with Crippen LogP contribution in [0.25, 0.3) is 0 Å². The van der Waals surface area contributed by atoms with Crippen LogP contribution in [0.15, 0.2) is 36.4 Å². The van der Waals surface area contributed by atoms with Crippen LogP contribution in [0.1, 0.15) is 34.3 Å². The number of nitrogens with one attached hydrogen (secondary N) is 2. The van der Waals surface area contributed by atoms with Crippen LogP contribution < -0.4 is 24.7 Å². The van der Waals surface area contributed by atoms with Gasteiger partial charge in [0.1, 0.15) is 6.04 Å². The van der Waals surface area contributed by atoms with Gasteiger partial charge < -0.3 is 25.4 Å². The lowest BCUT2D eigenvalue weighted by Gasteiger charge is -2.17. The van der Waals surface area contributed by atoms with E-state index in [2.05, 4.69) is 4.72 Å². The highest BCUT2D eigenvalue weighted by atomic mass is 35.5. The largest absolute Gasteiger partial charge is 0.490 e. The van der Waals surface area contributed by atoms with Gasteiger partial charge in [0.05, 0.1) is 18.6 Å². The lowest BCUT2D eigenvalue weighted by Crippen LogP contribution is -2.47. The Morgan fingerprint density at radius 1 is 1.11 bits per heavy atom. The highest BCUT2D eigenvalue weighted by Gasteiger charge is 2.26. The number of ether oxygens (including phenoxy) is 2. The summed E-state index contributed by atoms with van der Waals surface area (Å²) in [5, 5.41) is 17.8. The number of aryl methyl sites for hydroxylation is 1. The minimum Gasteiger partial charge on any atom is -0.490 e. The Hall–Kier alpha value is -3.39. The van der Waals surface area contributed by atoms with Crippen molar-refractivity contribution in [1.29, 1.82) is 0 Å². The zero-order valence-corrected chi connectivity index (χ0v) is 19.9. The van der Waals surface area contributed by atoms with Crippen LogP contribution in [-0.2, 0) is 32.8 Å². The summed E-state index contributed by atoms with van der Waals surface area (Å²) in [6.07, 6.45) is 0.254. The van der Waals surface area contributed by atoms with Crippen LogP contribution in [0.2, 0.25) is 0 Å². The number of benzene rings is 2. The summed E-state index contributed by atoms with van der Waals surface area (Å²) in [7, 11) is -4.36. The van der Waals surface area contributed by atoms with Gasteiger partial charge in [-0.3, -0.25) is 9.59 Å². The molecule has 12 nitrogen and oxygen atoms in total. The van der Waals surface area contributed by atoms with E-state index in [-0.39, 0.29) is 24.7 Å². The van der Waals surface area contributed by atoms with Crippen LogP contribution >= 0.6 is 12.4 Å². The minimum absolute atomic E-state index is 0. The summed E-state index contributed by atoms with van der Waals surface area (Å²) in [6.45, 7) is 0.0432. The molecule has 0 radical (unpaired) electrons. The van der Waals surface area contributed by atoms with Crippen LogP contribution in [0.4, 0.5) is 5.69 Å². The Balaban J connectivity index is 0.00000432. The van der Waals surface area contributed by atoms with Gasteiger partial charge in [-0.2, -0.15) is 17.9 Å². The third-order valence-corrected chi connectivity index (χ3v) is 5.97. The molecule has 1 heterocycles. The van der Waals surface area contributed by atoms with Gasteiger partial charge in [-0.1, -0.05) is 6.07 Å². The molecule has 0 aliphatic carbocycles. The monoisotopic (exact) mass is 529 g/mol. The second-order valence-corrected chi connectivity index (χ2v) is 9.00. The molecule has 6 N–H and O–H groups in total. The number of esters is 1. The molecule has 14 heteroatoms. The standard InChI is InChI=1S/C21H23N3O9S.ClH/c22-14-4-5-15-13(9-14)2-1-7-32-17-6-3-12(8-18(17)33-21(15)29)11-23-34(30,31)24-16(20(27)28)10-19(25)26;/h3-6,8-9,16,23-24H,1-2,7,10-11,22H2,(H,25,26)(H,27,28);1H/t16-;/m0./s1. The maximum Gasteiger partial charge on any atom is 0.343 e. The number of nitrogens with two attached hydrogens (primary N) is 1. The molecule has 35 heavy (non-hydrogen) atoms. The molecule has 2 aromatic carbocycles. The maximum absolute atomic E-state index is 12.8. The van der Waals surface area contributed by atoms with Gasteiger partial charge in [-0.25, -0.2) is 4.79 Å². The molecule has 1 aliphatic rings. The summed E-state index contributed by atoms with van der Waals surface area (Å²) < 4.78 is 39.5. The lowest BCUT2D eigenvalue weighted by atomic mass is 10.0. The second-order valence-electron chi connectivity index (χ2n) is 7.47. The first-order chi connectivity index (χ1) is 16.0. The van der Waals surface area contributed by atoms with Crippen molar-refractivity contribution >= 4 is 46.2 Å². The van der Waals surface area contributed by atoms with E-state index in [9.17, 15) is 22.8 Å². The normalized spacial score (nSPS) is 14.2. The van der Waals surface area contributed by atoms with Crippen LogP contribution in [-0.4, -0.2) is 49.2 Å². The van der Waals surface area contributed by atoms with E-state index >= 15 is 0 Å². The zero-order valence-electron chi connectivity index (χ0n) is 18.2. The van der Waals surface area contributed by atoms with E-state index in [0.29, 0.717) is 42.0 Å². The molecule has 0 amide bonds. The van der Waals surface area contributed by atoms with Crippen LogP contribution in [0, 0.1) is 0 Å². The summed E-state index contributed by atoms with van der Waals surface area (Å²) in [5.41, 5.74) is 7.79. The number of anilines is 1. The van der Waals surface area contributed by atoms with Crippen molar-refractivity contribution in [3.63, 3.8) is 0 Å². The minimum atomic E-state index is -4.36. The van der Waals surface area contributed by atoms with E-state index in [1.54, 1.807) is 29.0 Å². The number of carbonyl (C=O) groups is 3. The summed E-state index contributed by atoms with van der Waals surface area (Å²) in [4.78, 5) is 34.6. The van der Waals surface area contributed by atoms with Crippen LogP contribution in [0.3, 0.4) is 0 Å². The van der Waals surface area contributed by atoms with Gasteiger partial charge >= 0.3 is 17.9 Å². The number of hydrogen-bond acceptors (Lipinski definition) is 8. The maximum atomic E-state index is 12.8. The molecule has 0 aromatic heterocycles. The molecule has 0 saturated carbocycles. The second kappa shape index (κ2) is 11.8.